The first-order valence-corrected chi connectivity index (χ1v) is 9.66. The molecule has 1 atom stereocenters. The lowest BCUT2D eigenvalue weighted by Crippen LogP contribution is -2.07. The zero-order chi connectivity index (χ0) is 23.0. The molecular formula is C25H20O7. The number of ether oxygens (including phenoxy) is 1. The lowest BCUT2D eigenvalue weighted by Gasteiger charge is -2.19. The molecule has 0 spiro atoms. The predicted molar refractivity (Wildman–Crippen MR) is 120 cm³/mol. The Bertz CT molecular complexity index is 1390. The highest BCUT2D eigenvalue weighted by atomic mass is 16.5. The summed E-state index contributed by atoms with van der Waals surface area (Å²) in [6, 6.07) is 14.1. The number of hydrogen-bond acceptors (Lipinski definition) is 7. The monoisotopic (exact) mass is 432 g/mol. The van der Waals surface area contributed by atoms with Crippen molar-refractivity contribution in [3.05, 3.63) is 88.6 Å². The summed E-state index contributed by atoms with van der Waals surface area (Å²) in [5.41, 5.74) is 0.249. The van der Waals surface area contributed by atoms with Gasteiger partial charge in [-0.05, 0) is 17.7 Å². The zero-order valence-corrected chi connectivity index (χ0v) is 17.1. The molecule has 0 aliphatic rings. The average Bonchev–Trinajstić information content (AvgIpc) is 2.79. The maximum Gasteiger partial charge on any atom is 0.238 e. The molecule has 4 aromatic rings. The third kappa shape index (κ3) is 3.30. The molecule has 7 nitrogen and oxygen atoms in total. The van der Waals surface area contributed by atoms with Gasteiger partial charge in [0.2, 0.25) is 11.2 Å². The molecule has 0 aliphatic carbocycles. The molecule has 0 fully saturated rings. The summed E-state index contributed by atoms with van der Waals surface area (Å²) in [6.07, 6.45) is 1.52. The van der Waals surface area contributed by atoms with E-state index in [1.165, 1.54) is 19.3 Å². The maximum atomic E-state index is 13.0. The first-order chi connectivity index (χ1) is 15.4. The highest BCUT2D eigenvalue weighted by Crippen LogP contribution is 2.44. The van der Waals surface area contributed by atoms with Gasteiger partial charge >= 0.3 is 0 Å². The van der Waals surface area contributed by atoms with Crippen LogP contribution in [0, 0.1) is 0 Å². The van der Waals surface area contributed by atoms with Crippen LogP contribution in [0.25, 0.3) is 22.3 Å². The van der Waals surface area contributed by atoms with E-state index in [4.69, 9.17) is 9.15 Å². The molecule has 4 rings (SSSR count). The summed E-state index contributed by atoms with van der Waals surface area (Å²) in [5.74, 6) is -2.18. The van der Waals surface area contributed by atoms with Gasteiger partial charge in [0.25, 0.3) is 0 Å². The van der Waals surface area contributed by atoms with Crippen molar-refractivity contribution in [2.24, 2.45) is 0 Å². The Labute approximate surface area is 182 Å². The largest absolute Gasteiger partial charge is 0.507 e. The molecule has 0 saturated heterocycles. The fourth-order valence-corrected chi connectivity index (χ4v) is 3.74. The first kappa shape index (κ1) is 20.9. The Balaban J connectivity index is 2.08. The smallest absolute Gasteiger partial charge is 0.238 e. The van der Waals surface area contributed by atoms with Gasteiger partial charge in [-0.2, -0.15) is 0 Å². The molecule has 1 aromatic heterocycles. The van der Waals surface area contributed by atoms with Gasteiger partial charge in [0.05, 0.1) is 7.11 Å². The number of phenols is 3. The van der Waals surface area contributed by atoms with E-state index in [0.717, 1.165) is 6.07 Å². The van der Waals surface area contributed by atoms with E-state index in [2.05, 4.69) is 6.58 Å². The van der Waals surface area contributed by atoms with Crippen LogP contribution in [0.3, 0.4) is 0 Å². The number of fused-ring (bicyclic) bond motifs is 1. The number of methoxy groups -OCH3 is 1. The lowest BCUT2D eigenvalue weighted by molar-refractivity contribution is 0.373. The summed E-state index contributed by atoms with van der Waals surface area (Å²) in [4.78, 5) is 13.0. The SMILES string of the molecule is C=CC(c1ccc(O)c(OC)c1)c1c(O)cc(O)c2c(=O)c(O)c(-c3ccccc3)oc12. The van der Waals surface area contributed by atoms with Gasteiger partial charge in [-0.15, -0.1) is 6.58 Å². The van der Waals surface area contributed by atoms with Crippen molar-refractivity contribution >= 4 is 11.0 Å². The van der Waals surface area contributed by atoms with Gasteiger partial charge in [-0.1, -0.05) is 42.5 Å². The zero-order valence-electron chi connectivity index (χ0n) is 17.1. The second-order valence-electron chi connectivity index (χ2n) is 7.15. The fourth-order valence-electron chi connectivity index (χ4n) is 3.74. The molecule has 3 aromatic carbocycles. The van der Waals surface area contributed by atoms with Gasteiger partial charge < -0.3 is 29.6 Å². The molecule has 1 heterocycles. The number of phenolic OH excluding ortho intramolecular Hbond substituents is 3. The van der Waals surface area contributed by atoms with E-state index < -0.39 is 22.8 Å². The van der Waals surface area contributed by atoms with Crippen molar-refractivity contribution in [1.29, 1.82) is 0 Å². The second kappa shape index (κ2) is 8.03. The molecule has 1 unspecified atom stereocenters. The fraction of sp³-hybridized carbons (Fsp3) is 0.0800. The van der Waals surface area contributed by atoms with Crippen molar-refractivity contribution in [3.63, 3.8) is 0 Å². The number of hydrogen-bond donors (Lipinski definition) is 4. The van der Waals surface area contributed by atoms with Gasteiger partial charge in [0, 0.05) is 23.1 Å². The van der Waals surface area contributed by atoms with Crippen LogP contribution in [0.1, 0.15) is 17.0 Å². The van der Waals surface area contributed by atoms with E-state index in [0.29, 0.717) is 11.1 Å². The van der Waals surface area contributed by atoms with Crippen LogP contribution in [0.15, 0.2) is 76.5 Å². The predicted octanol–water partition coefficient (Wildman–Crippen LogP) is 4.61. The average molecular weight is 432 g/mol. The summed E-state index contributed by atoms with van der Waals surface area (Å²) in [7, 11) is 1.41. The molecule has 4 N–H and O–H groups in total. The van der Waals surface area contributed by atoms with Crippen LogP contribution in [-0.2, 0) is 0 Å². The Hall–Kier alpha value is -4.39. The summed E-state index contributed by atoms with van der Waals surface area (Å²) < 4.78 is 11.1. The standard InChI is InChI=1S/C25H20O7/c1-3-15(14-9-10-16(26)19(11-14)31-2)20-17(27)12-18(28)21-22(29)23(30)24(32-25(20)21)13-7-5-4-6-8-13/h3-12,15,26-28,30H,1H2,2H3. The van der Waals surface area contributed by atoms with Gasteiger partial charge in [0.15, 0.2) is 22.8 Å². The van der Waals surface area contributed by atoms with Crippen molar-refractivity contribution < 1.29 is 29.6 Å². The molecule has 0 radical (unpaired) electrons. The first-order valence-electron chi connectivity index (χ1n) is 9.66. The Morgan fingerprint density at radius 2 is 1.69 bits per heavy atom. The van der Waals surface area contributed by atoms with Crippen molar-refractivity contribution in [2.75, 3.05) is 7.11 Å². The van der Waals surface area contributed by atoms with Crippen LogP contribution < -0.4 is 10.2 Å². The van der Waals surface area contributed by atoms with E-state index >= 15 is 0 Å². The van der Waals surface area contributed by atoms with Crippen molar-refractivity contribution in [1.82, 2.24) is 0 Å². The molecule has 0 amide bonds. The van der Waals surface area contributed by atoms with E-state index in [9.17, 15) is 25.2 Å². The van der Waals surface area contributed by atoms with Crippen molar-refractivity contribution in [2.45, 2.75) is 5.92 Å². The summed E-state index contributed by atoms with van der Waals surface area (Å²) in [5, 5.41) is 41.3. The molecule has 7 heteroatoms. The van der Waals surface area contributed by atoms with Gasteiger partial charge in [0.1, 0.15) is 16.9 Å². The second-order valence-corrected chi connectivity index (χ2v) is 7.15. The lowest BCUT2D eigenvalue weighted by atomic mass is 9.88. The number of allylic oxidation sites excluding steroid dienone is 1. The maximum absolute atomic E-state index is 13.0. The van der Waals surface area contributed by atoms with Crippen LogP contribution in [0.2, 0.25) is 0 Å². The molecule has 162 valence electrons. The van der Waals surface area contributed by atoms with Crippen LogP contribution in [0.4, 0.5) is 0 Å². The number of benzene rings is 3. The Morgan fingerprint density at radius 3 is 2.34 bits per heavy atom. The topological polar surface area (TPSA) is 120 Å². The highest BCUT2D eigenvalue weighted by Gasteiger charge is 2.27. The highest BCUT2D eigenvalue weighted by molar-refractivity contribution is 5.92. The summed E-state index contributed by atoms with van der Waals surface area (Å²) >= 11 is 0. The Kier molecular flexibility index (Phi) is 5.24. The van der Waals surface area contributed by atoms with Crippen LogP contribution >= 0.6 is 0 Å². The van der Waals surface area contributed by atoms with Crippen molar-refractivity contribution in [3.8, 4) is 40.1 Å². The normalized spacial score (nSPS) is 11.9. The number of rotatable bonds is 5. The molecule has 0 bridgehead atoms. The van der Waals surface area contributed by atoms with E-state index in [1.54, 1.807) is 42.5 Å². The summed E-state index contributed by atoms with van der Waals surface area (Å²) in [6.45, 7) is 3.84. The van der Waals surface area contributed by atoms with E-state index in [1.807, 2.05) is 0 Å². The molecule has 32 heavy (non-hydrogen) atoms. The Morgan fingerprint density at radius 1 is 0.969 bits per heavy atom. The van der Waals surface area contributed by atoms with Crippen LogP contribution in [-0.4, -0.2) is 27.5 Å². The molecular weight excluding hydrogens is 412 g/mol. The minimum Gasteiger partial charge on any atom is -0.507 e. The number of aromatic hydroxyl groups is 4. The quantitative estimate of drug-likeness (QED) is 0.340. The minimum atomic E-state index is -0.838. The minimum absolute atomic E-state index is 0.0679. The molecule has 0 saturated carbocycles. The van der Waals surface area contributed by atoms with Gasteiger partial charge in [-0.25, -0.2) is 0 Å². The van der Waals surface area contributed by atoms with Gasteiger partial charge in [-0.3, -0.25) is 4.79 Å². The van der Waals surface area contributed by atoms with E-state index in [-0.39, 0.29) is 39.5 Å². The third-order valence-corrected chi connectivity index (χ3v) is 5.28. The third-order valence-electron chi connectivity index (χ3n) is 5.28. The van der Waals surface area contributed by atoms with Crippen LogP contribution in [0.5, 0.6) is 28.7 Å². The molecule has 0 aliphatic heterocycles.